The first-order valence-corrected chi connectivity index (χ1v) is 12.0. The van der Waals surface area contributed by atoms with Crippen molar-refractivity contribution >= 4 is 40.9 Å². The van der Waals surface area contributed by atoms with Crippen molar-refractivity contribution in [2.45, 2.75) is 56.0 Å². The van der Waals surface area contributed by atoms with E-state index in [4.69, 9.17) is 0 Å². The summed E-state index contributed by atoms with van der Waals surface area (Å²) in [5.74, 6) is 1.43. The van der Waals surface area contributed by atoms with Gasteiger partial charge in [-0.05, 0) is 50.7 Å². The summed E-state index contributed by atoms with van der Waals surface area (Å²) in [6.45, 7) is 6.23. The Hall–Kier alpha value is -2.55. The van der Waals surface area contributed by atoms with Crippen molar-refractivity contribution in [2.75, 3.05) is 34.8 Å². The van der Waals surface area contributed by atoms with Crippen molar-refractivity contribution in [3.8, 4) is 0 Å². The lowest BCUT2D eigenvalue weighted by Gasteiger charge is -2.31. The first kappa shape index (κ1) is 20.4. The van der Waals surface area contributed by atoms with Crippen LogP contribution in [-0.2, 0) is 9.59 Å². The van der Waals surface area contributed by atoms with Crippen LogP contribution >= 0.6 is 11.8 Å². The summed E-state index contributed by atoms with van der Waals surface area (Å²) in [7, 11) is 0. The predicted octanol–water partition coefficient (Wildman–Crippen LogP) is 3.32. The number of fused-ring (bicyclic) bond motifs is 1. The number of para-hydroxylation sites is 2. The van der Waals surface area contributed by atoms with Gasteiger partial charge in [-0.1, -0.05) is 30.8 Å². The van der Waals surface area contributed by atoms with Crippen molar-refractivity contribution in [1.82, 2.24) is 14.8 Å². The first-order valence-electron chi connectivity index (χ1n) is 11.1. The van der Waals surface area contributed by atoms with Gasteiger partial charge in [-0.25, -0.2) is 0 Å². The van der Waals surface area contributed by atoms with Crippen LogP contribution in [0.15, 0.2) is 29.4 Å². The predicted molar refractivity (Wildman–Crippen MR) is 122 cm³/mol. The van der Waals surface area contributed by atoms with Gasteiger partial charge >= 0.3 is 0 Å². The molecule has 0 spiro atoms. The van der Waals surface area contributed by atoms with Gasteiger partial charge < -0.3 is 10.2 Å². The zero-order chi connectivity index (χ0) is 21.5. The number of rotatable bonds is 5. The highest BCUT2D eigenvalue weighted by Gasteiger charge is 2.35. The summed E-state index contributed by atoms with van der Waals surface area (Å²) in [5.41, 5.74) is 1.42. The van der Waals surface area contributed by atoms with Gasteiger partial charge in [-0.2, -0.15) is 0 Å². The van der Waals surface area contributed by atoms with Gasteiger partial charge in [0.15, 0.2) is 5.16 Å². The third-order valence-electron chi connectivity index (χ3n) is 6.29. The number of hydrogen-bond donors (Lipinski definition) is 1. The quantitative estimate of drug-likeness (QED) is 0.718. The Morgan fingerprint density at radius 2 is 1.90 bits per heavy atom. The van der Waals surface area contributed by atoms with E-state index in [-0.39, 0.29) is 23.6 Å². The van der Waals surface area contributed by atoms with E-state index >= 15 is 0 Å². The molecule has 1 aliphatic carbocycles. The van der Waals surface area contributed by atoms with Gasteiger partial charge in [0.05, 0.1) is 16.6 Å². The minimum Gasteiger partial charge on any atom is -0.341 e. The van der Waals surface area contributed by atoms with Crippen LogP contribution < -0.4 is 15.1 Å². The number of anilines is 3. The lowest BCUT2D eigenvalue weighted by molar-refractivity contribution is -0.121. The Morgan fingerprint density at radius 1 is 1.16 bits per heavy atom. The summed E-state index contributed by atoms with van der Waals surface area (Å²) < 4.78 is 2.24. The molecule has 1 aromatic carbocycles. The second-order valence-corrected chi connectivity index (χ2v) is 10.1. The number of aromatic nitrogens is 3. The van der Waals surface area contributed by atoms with E-state index in [1.165, 1.54) is 24.6 Å². The molecule has 2 fully saturated rings. The topological polar surface area (TPSA) is 83.4 Å². The highest BCUT2D eigenvalue weighted by molar-refractivity contribution is 8.00. The van der Waals surface area contributed by atoms with Crippen LogP contribution in [0.2, 0.25) is 0 Å². The minimum atomic E-state index is -0.380. The van der Waals surface area contributed by atoms with Crippen LogP contribution in [0.1, 0.15) is 45.6 Å². The van der Waals surface area contributed by atoms with Crippen LogP contribution in [0.25, 0.3) is 0 Å². The number of carbonyl (C=O) groups excluding carboxylic acids is 2. The molecule has 5 rings (SSSR count). The van der Waals surface area contributed by atoms with Gasteiger partial charge in [-0.15, -0.1) is 10.2 Å². The highest BCUT2D eigenvalue weighted by atomic mass is 32.2. The summed E-state index contributed by atoms with van der Waals surface area (Å²) in [4.78, 5) is 29.4. The van der Waals surface area contributed by atoms with Crippen LogP contribution in [-0.4, -0.2) is 51.5 Å². The Labute approximate surface area is 186 Å². The van der Waals surface area contributed by atoms with Gasteiger partial charge in [0.25, 0.3) is 0 Å². The van der Waals surface area contributed by atoms with E-state index in [2.05, 4.69) is 31.9 Å². The van der Waals surface area contributed by atoms with Crippen LogP contribution in [0.5, 0.6) is 0 Å². The largest absolute Gasteiger partial charge is 0.341 e. The molecule has 2 aliphatic heterocycles. The maximum Gasteiger partial charge on any atom is 0.244 e. The molecule has 2 amide bonds. The fourth-order valence-corrected chi connectivity index (χ4v) is 5.26. The molecule has 1 atom stereocenters. The van der Waals surface area contributed by atoms with E-state index in [0.717, 1.165) is 48.6 Å². The van der Waals surface area contributed by atoms with Crippen molar-refractivity contribution in [2.24, 2.45) is 5.92 Å². The summed E-state index contributed by atoms with van der Waals surface area (Å²) >= 11 is 1.44. The van der Waals surface area contributed by atoms with Crippen LogP contribution in [0.3, 0.4) is 0 Å². The van der Waals surface area contributed by atoms with Gasteiger partial charge in [0.2, 0.25) is 17.8 Å². The summed E-state index contributed by atoms with van der Waals surface area (Å²) in [6.07, 6.45) is 4.60. The van der Waals surface area contributed by atoms with E-state index in [0.29, 0.717) is 11.7 Å². The third kappa shape index (κ3) is 4.03. The smallest absolute Gasteiger partial charge is 0.244 e. The second-order valence-electron chi connectivity index (χ2n) is 8.80. The number of benzene rings is 1. The van der Waals surface area contributed by atoms with Crippen molar-refractivity contribution in [1.29, 1.82) is 0 Å². The molecule has 9 heteroatoms. The Kier molecular flexibility index (Phi) is 5.37. The van der Waals surface area contributed by atoms with E-state index in [1.807, 2.05) is 31.2 Å². The average molecular weight is 441 g/mol. The Balaban J connectivity index is 1.36. The van der Waals surface area contributed by atoms with Crippen molar-refractivity contribution in [3.05, 3.63) is 24.3 Å². The monoisotopic (exact) mass is 440 g/mol. The van der Waals surface area contributed by atoms with Crippen molar-refractivity contribution in [3.63, 3.8) is 0 Å². The summed E-state index contributed by atoms with van der Waals surface area (Å²) in [5, 5.41) is 12.3. The fourth-order valence-electron chi connectivity index (χ4n) is 4.28. The molecular formula is C22H28N6O2S. The number of carbonyl (C=O) groups is 2. The molecule has 0 radical (unpaired) electrons. The Bertz CT molecular complexity index is 996. The minimum absolute atomic E-state index is 0.0350. The van der Waals surface area contributed by atoms with Crippen LogP contribution in [0, 0.1) is 5.92 Å². The van der Waals surface area contributed by atoms with E-state index in [9.17, 15) is 9.59 Å². The molecule has 0 bridgehead atoms. The number of nitrogens with one attached hydrogen (secondary N) is 1. The van der Waals surface area contributed by atoms with Gasteiger partial charge in [-0.3, -0.25) is 19.1 Å². The third-order valence-corrected chi connectivity index (χ3v) is 7.34. The lowest BCUT2D eigenvalue weighted by atomic mass is 10.00. The SMILES string of the molecule is CC1CCN(c2nnc(SC(C)C(=O)N3CC(=O)Nc4ccccc43)n2C2CC2)CC1. The molecule has 1 unspecified atom stereocenters. The molecule has 3 heterocycles. The number of thioether (sulfide) groups is 1. The molecule has 3 aliphatic rings. The standard InChI is InChI=1S/C22H28N6O2S/c1-14-9-11-26(12-10-14)21-24-25-22(28(21)16-7-8-16)31-15(2)20(30)27-13-19(29)23-17-5-3-4-6-18(17)27/h3-6,14-16H,7-13H2,1-2H3,(H,23,29). The normalized spacial score (nSPS) is 20.4. The summed E-state index contributed by atoms with van der Waals surface area (Å²) in [6, 6.07) is 7.85. The fraction of sp³-hybridized carbons (Fsp3) is 0.545. The zero-order valence-corrected chi connectivity index (χ0v) is 18.8. The molecule has 1 saturated heterocycles. The molecule has 2 aromatic rings. The zero-order valence-electron chi connectivity index (χ0n) is 18.0. The molecule has 1 saturated carbocycles. The maximum absolute atomic E-state index is 13.3. The molecule has 164 valence electrons. The molecule has 8 nitrogen and oxygen atoms in total. The Morgan fingerprint density at radius 3 is 2.65 bits per heavy atom. The van der Waals surface area contributed by atoms with Gasteiger partial charge in [0, 0.05) is 19.1 Å². The number of hydrogen-bond acceptors (Lipinski definition) is 6. The van der Waals surface area contributed by atoms with Crippen LogP contribution in [0.4, 0.5) is 17.3 Å². The van der Waals surface area contributed by atoms with E-state index < -0.39 is 0 Å². The lowest BCUT2D eigenvalue weighted by Crippen LogP contribution is -2.45. The average Bonchev–Trinajstić information content (AvgIpc) is 3.53. The number of piperidine rings is 1. The van der Waals surface area contributed by atoms with Crippen molar-refractivity contribution < 1.29 is 9.59 Å². The number of nitrogens with zero attached hydrogens (tertiary/aromatic N) is 5. The molecular weight excluding hydrogens is 412 g/mol. The number of amides is 2. The molecule has 1 aromatic heterocycles. The molecule has 1 N–H and O–H groups in total. The maximum atomic E-state index is 13.3. The first-order chi connectivity index (χ1) is 15.0. The molecule has 31 heavy (non-hydrogen) atoms. The second kappa shape index (κ2) is 8.18. The highest BCUT2D eigenvalue weighted by Crippen LogP contribution is 2.42. The van der Waals surface area contributed by atoms with Gasteiger partial charge in [0.1, 0.15) is 6.54 Å². The van der Waals surface area contributed by atoms with E-state index in [1.54, 1.807) is 4.90 Å².